The van der Waals surface area contributed by atoms with E-state index < -0.39 is 0 Å². The second kappa shape index (κ2) is 5.80. The molecule has 0 amide bonds. The highest BCUT2D eigenvalue weighted by Crippen LogP contribution is 2.21. The molecule has 0 saturated heterocycles. The van der Waals surface area contributed by atoms with Gasteiger partial charge in [0.2, 0.25) is 0 Å². The number of nitrogens with one attached hydrogen (secondary N) is 1. The number of rotatable bonds is 4. The molecule has 2 nitrogen and oxygen atoms in total. The summed E-state index contributed by atoms with van der Waals surface area (Å²) in [6.45, 7) is 8.25. The van der Waals surface area contributed by atoms with Crippen molar-refractivity contribution in [2.24, 2.45) is 0 Å². The van der Waals surface area contributed by atoms with E-state index >= 15 is 0 Å². The maximum absolute atomic E-state index is 5.61. The first-order valence-corrected chi connectivity index (χ1v) is 6.40. The van der Waals surface area contributed by atoms with Crippen molar-refractivity contribution in [3.8, 4) is 0 Å². The van der Waals surface area contributed by atoms with Crippen LogP contribution in [0.5, 0.6) is 0 Å². The summed E-state index contributed by atoms with van der Waals surface area (Å²) in [5, 5.41) is 0. The third-order valence-electron chi connectivity index (χ3n) is 2.17. The molecule has 1 aromatic carbocycles. The molecule has 1 aromatic rings. The van der Waals surface area contributed by atoms with E-state index in [0.29, 0.717) is 0 Å². The van der Waals surface area contributed by atoms with Crippen molar-refractivity contribution >= 4 is 15.9 Å². The van der Waals surface area contributed by atoms with Crippen LogP contribution in [0.1, 0.15) is 45.7 Å². The summed E-state index contributed by atoms with van der Waals surface area (Å²) in [5.74, 6) is 0. The highest BCUT2D eigenvalue weighted by molar-refractivity contribution is 9.10. The summed E-state index contributed by atoms with van der Waals surface area (Å²) in [4.78, 5) is 5.61. The second-order valence-corrected chi connectivity index (χ2v) is 5.76. The van der Waals surface area contributed by atoms with Crippen LogP contribution in [0.25, 0.3) is 0 Å². The summed E-state index contributed by atoms with van der Waals surface area (Å²) < 4.78 is 1.10. The highest BCUT2D eigenvalue weighted by atomic mass is 79.9. The van der Waals surface area contributed by atoms with Crippen molar-refractivity contribution in [2.45, 2.75) is 45.8 Å². The van der Waals surface area contributed by atoms with Crippen molar-refractivity contribution in [1.29, 1.82) is 0 Å². The average molecular weight is 286 g/mol. The minimum Gasteiger partial charge on any atom is -0.296 e. The predicted octanol–water partition coefficient (Wildman–Crippen LogP) is 4.22. The smallest absolute Gasteiger partial charge is 0.0813 e. The third kappa shape index (κ3) is 4.64. The molecule has 0 saturated carbocycles. The van der Waals surface area contributed by atoms with Crippen molar-refractivity contribution < 1.29 is 4.84 Å². The maximum atomic E-state index is 5.61. The highest BCUT2D eigenvalue weighted by Gasteiger charge is 2.15. The van der Waals surface area contributed by atoms with Gasteiger partial charge >= 0.3 is 0 Å². The Morgan fingerprint density at radius 3 is 2.56 bits per heavy atom. The monoisotopic (exact) mass is 285 g/mol. The Morgan fingerprint density at radius 2 is 2.06 bits per heavy atom. The van der Waals surface area contributed by atoms with E-state index in [-0.39, 0.29) is 11.6 Å². The Hall–Kier alpha value is -0.380. The molecule has 16 heavy (non-hydrogen) atoms. The molecule has 1 unspecified atom stereocenters. The fourth-order valence-corrected chi connectivity index (χ4v) is 1.78. The van der Waals surface area contributed by atoms with Crippen LogP contribution in [0.15, 0.2) is 28.7 Å². The molecule has 1 rings (SSSR count). The molecular weight excluding hydrogens is 266 g/mol. The van der Waals surface area contributed by atoms with Crippen molar-refractivity contribution in [3.05, 3.63) is 34.3 Å². The van der Waals surface area contributed by atoms with Gasteiger partial charge in [-0.25, -0.2) is 0 Å². The summed E-state index contributed by atoms with van der Waals surface area (Å²) in [7, 11) is 0. The third-order valence-corrected chi connectivity index (χ3v) is 2.66. The average Bonchev–Trinajstić information content (AvgIpc) is 2.17. The summed E-state index contributed by atoms with van der Waals surface area (Å²) in [6.07, 6.45) is 0.993. The van der Waals surface area contributed by atoms with Crippen LogP contribution >= 0.6 is 15.9 Å². The van der Waals surface area contributed by atoms with Crippen LogP contribution in [0.2, 0.25) is 0 Å². The fourth-order valence-electron chi connectivity index (χ4n) is 1.36. The van der Waals surface area contributed by atoms with Crippen LogP contribution in [-0.2, 0) is 4.84 Å². The molecule has 0 bridgehead atoms. The van der Waals surface area contributed by atoms with Crippen LogP contribution in [0.3, 0.4) is 0 Å². The van der Waals surface area contributed by atoms with Crippen molar-refractivity contribution in [1.82, 2.24) is 5.48 Å². The molecule has 0 spiro atoms. The van der Waals surface area contributed by atoms with Gasteiger partial charge in [0.1, 0.15) is 0 Å². The Kier molecular flexibility index (Phi) is 4.96. The topological polar surface area (TPSA) is 21.3 Å². The van der Waals surface area contributed by atoms with E-state index in [1.54, 1.807) is 0 Å². The van der Waals surface area contributed by atoms with Gasteiger partial charge in [0, 0.05) is 4.47 Å². The molecule has 1 atom stereocenters. The van der Waals surface area contributed by atoms with Gasteiger partial charge in [-0.1, -0.05) is 35.0 Å². The lowest BCUT2D eigenvalue weighted by Gasteiger charge is -2.24. The number of benzene rings is 1. The zero-order chi connectivity index (χ0) is 12.2. The van der Waals surface area contributed by atoms with Crippen molar-refractivity contribution in [2.75, 3.05) is 0 Å². The summed E-state index contributed by atoms with van der Waals surface area (Å²) in [6, 6.07) is 8.53. The molecule has 0 aromatic heterocycles. The lowest BCUT2D eigenvalue weighted by molar-refractivity contribution is -0.0896. The van der Waals surface area contributed by atoms with Crippen LogP contribution < -0.4 is 5.48 Å². The molecule has 0 fully saturated rings. The summed E-state index contributed by atoms with van der Waals surface area (Å²) >= 11 is 3.48. The Bertz CT molecular complexity index is 333. The SMILES string of the molecule is CCC(NOC(C)(C)C)c1cccc(Br)c1. The largest absolute Gasteiger partial charge is 0.296 e. The molecular formula is C13H20BrNO. The molecule has 0 aliphatic carbocycles. The Labute approximate surface area is 106 Å². The molecule has 0 radical (unpaired) electrons. The zero-order valence-electron chi connectivity index (χ0n) is 10.4. The van der Waals surface area contributed by atoms with E-state index in [1.165, 1.54) is 5.56 Å². The molecule has 0 aliphatic heterocycles. The normalized spacial score (nSPS) is 13.8. The first-order valence-electron chi connectivity index (χ1n) is 5.61. The van der Waals surface area contributed by atoms with E-state index in [4.69, 9.17) is 4.84 Å². The van der Waals surface area contributed by atoms with Gasteiger partial charge in [0.25, 0.3) is 0 Å². The molecule has 0 aliphatic rings. The maximum Gasteiger partial charge on any atom is 0.0813 e. The van der Waals surface area contributed by atoms with Gasteiger partial charge in [0.15, 0.2) is 0 Å². The van der Waals surface area contributed by atoms with Gasteiger partial charge in [-0.2, -0.15) is 5.48 Å². The second-order valence-electron chi connectivity index (χ2n) is 4.85. The fraction of sp³-hybridized carbons (Fsp3) is 0.538. The number of hydrogen-bond donors (Lipinski definition) is 1. The van der Waals surface area contributed by atoms with Crippen molar-refractivity contribution in [3.63, 3.8) is 0 Å². The lowest BCUT2D eigenvalue weighted by Crippen LogP contribution is -2.31. The molecule has 90 valence electrons. The van der Waals surface area contributed by atoms with Crippen LogP contribution in [0, 0.1) is 0 Å². The Balaban J connectivity index is 2.68. The first-order chi connectivity index (χ1) is 7.42. The van der Waals surface area contributed by atoms with Gasteiger partial charge in [-0.05, 0) is 44.9 Å². The summed E-state index contributed by atoms with van der Waals surface area (Å²) in [5.41, 5.74) is 4.20. The number of hydroxylamine groups is 1. The van der Waals surface area contributed by atoms with E-state index in [2.05, 4.69) is 40.5 Å². The number of halogens is 1. The predicted molar refractivity (Wildman–Crippen MR) is 71.1 cm³/mol. The molecule has 0 heterocycles. The Morgan fingerprint density at radius 1 is 1.38 bits per heavy atom. The quantitative estimate of drug-likeness (QED) is 0.837. The van der Waals surface area contributed by atoms with E-state index in [1.807, 2.05) is 32.9 Å². The molecule has 3 heteroatoms. The minimum atomic E-state index is -0.167. The van der Waals surface area contributed by atoms with Crippen LogP contribution in [-0.4, -0.2) is 5.60 Å². The lowest BCUT2D eigenvalue weighted by atomic mass is 10.1. The van der Waals surface area contributed by atoms with Gasteiger partial charge in [-0.3, -0.25) is 4.84 Å². The van der Waals surface area contributed by atoms with Gasteiger partial charge < -0.3 is 0 Å². The minimum absolute atomic E-state index is 0.167. The van der Waals surface area contributed by atoms with E-state index in [0.717, 1.165) is 10.9 Å². The standard InChI is InChI=1S/C13H20BrNO/c1-5-12(15-16-13(2,3)4)10-7-6-8-11(14)9-10/h6-9,12,15H,5H2,1-4H3. The molecule has 1 N–H and O–H groups in total. The van der Waals surface area contributed by atoms with Gasteiger partial charge in [0.05, 0.1) is 11.6 Å². The van der Waals surface area contributed by atoms with E-state index in [9.17, 15) is 0 Å². The first kappa shape index (κ1) is 13.7. The van der Waals surface area contributed by atoms with Gasteiger partial charge in [-0.15, -0.1) is 0 Å². The van der Waals surface area contributed by atoms with Crippen LogP contribution in [0.4, 0.5) is 0 Å². The number of hydrogen-bond acceptors (Lipinski definition) is 2. The zero-order valence-corrected chi connectivity index (χ0v) is 12.0.